The molecule has 0 saturated heterocycles. The average molecular weight is 462 g/mol. The summed E-state index contributed by atoms with van der Waals surface area (Å²) >= 11 is 5.87. The summed E-state index contributed by atoms with van der Waals surface area (Å²) in [5.74, 6) is 1.41. The normalized spacial score (nSPS) is 12.1. The molecule has 0 heterocycles. The van der Waals surface area contributed by atoms with Gasteiger partial charge in [0.1, 0.15) is 0 Å². The lowest BCUT2D eigenvalue weighted by atomic mass is 9.95. The van der Waals surface area contributed by atoms with Crippen LogP contribution in [0.15, 0.2) is 34.8 Å². The van der Waals surface area contributed by atoms with Gasteiger partial charge >= 0.3 is 0 Å². The Labute approximate surface area is 147 Å². The standard InChI is InChI=1S/C16H17BrINO2/c1-9-6-14(20-2)15(21-3)8-11(9)16(19)12-7-10(18)4-5-13(12)17/h4-8,16H,19H2,1-3H3. The Balaban J connectivity index is 2.52. The molecule has 2 rings (SSSR count). The maximum absolute atomic E-state index is 6.47. The van der Waals surface area contributed by atoms with E-state index in [9.17, 15) is 0 Å². The van der Waals surface area contributed by atoms with Crippen LogP contribution < -0.4 is 15.2 Å². The Morgan fingerprint density at radius 2 is 1.67 bits per heavy atom. The van der Waals surface area contributed by atoms with Gasteiger partial charge in [-0.1, -0.05) is 15.9 Å². The minimum absolute atomic E-state index is 0.228. The third-order valence-corrected chi connectivity index (χ3v) is 4.79. The molecule has 0 aromatic heterocycles. The fourth-order valence-corrected chi connectivity index (χ4v) is 3.26. The molecule has 0 amide bonds. The molecule has 0 saturated carbocycles. The van der Waals surface area contributed by atoms with Gasteiger partial charge in [-0.25, -0.2) is 0 Å². The Morgan fingerprint density at radius 1 is 1.05 bits per heavy atom. The van der Waals surface area contributed by atoms with Gasteiger partial charge in [-0.05, 0) is 76.5 Å². The molecule has 1 unspecified atom stereocenters. The van der Waals surface area contributed by atoms with Crippen LogP contribution in [0.1, 0.15) is 22.7 Å². The highest BCUT2D eigenvalue weighted by molar-refractivity contribution is 14.1. The number of benzene rings is 2. The van der Waals surface area contributed by atoms with Crippen LogP contribution in [0.5, 0.6) is 11.5 Å². The van der Waals surface area contributed by atoms with Crippen LogP contribution in [0.25, 0.3) is 0 Å². The number of halogens is 2. The summed E-state index contributed by atoms with van der Waals surface area (Å²) in [6, 6.07) is 9.83. The number of hydrogen-bond donors (Lipinski definition) is 1. The van der Waals surface area contributed by atoms with Crippen LogP contribution >= 0.6 is 38.5 Å². The van der Waals surface area contributed by atoms with E-state index in [4.69, 9.17) is 15.2 Å². The molecule has 3 nitrogen and oxygen atoms in total. The van der Waals surface area contributed by atoms with Crippen molar-refractivity contribution in [1.29, 1.82) is 0 Å². The molecule has 0 spiro atoms. The Kier molecular flexibility index (Phi) is 5.51. The van der Waals surface area contributed by atoms with Crippen molar-refractivity contribution < 1.29 is 9.47 Å². The first kappa shape index (κ1) is 16.6. The van der Waals surface area contributed by atoms with Gasteiger partial charge in [-0.3, -0.25) is 0 Å². The summed E-state index contributed by atoms with van der Waals surface area (Å²) in [4.78, 5) is 0. The summed E-state index contributed by atoms with van der Waals surface area (Å²) in [5.41, 5.74) is 9.62. The molecule has 0 aliphatic rings. The minimum Gasteiger partial charge on any atom is -0.493 e. The SMILES string of the molecule is COc1cc(C)c(C(N)c2cc(I)ccc2Br)cc1OC. The summed E-state index contributed by atoms with van der Waals surface area (Å²) in [6.07, 6.45) is 0. The van der Waals surface area contributed by atoms with Crippen LogP contribution in [0, 0.1) is 10.5 Å². The van der Waals surface area contributed by atoms with E-state index < -0.39 is 0 Å². The maximum Gasteiger partial charge on any atom is 0.161 e. The fourth-order valence-electron chi connectivity index (χ4n) is 2.25. The highest BCUT2D eigenvalue weighted by Gasteiger charge is 2.18. The van der Waals surface area contributed by atoms with Crippen molar-refractivity contribution in [3.05, 3.63) is 55.1 Å². The Hall–Kier alpha value is -0.790. The fraction of sp³-hybridized carbons (Fsp3) is 0.250. The van der Waals surface area contributed by atoms with E-state index in [1.165, 1.54) is 0 Å². The van der Waals surface area contributed by atoms with Crippen molar-refractivity contribution in [3.63, 3.8) is 0 Å². The van der Waals surface area contributed by atoms with Gasteiger partial charge in [0, 0.05) is 8.04 Å². The van der Waals surface area contributed by atoms with Crippen LogP contribution in [-0.4, -0.2) is 14.2 Å². The van der Waals surface area contributed by atoms with Gasteiger partial charge < -0.3 is 15.2 Å². The van der Waals surface area contributed by atoms with E-state index >= 15 is 0 Å². The van der Waals surface area contributed by atoms with E-state index in [1.54, 1.807) is 14.2 Å². The first-order valence-electron chi connectivity index (χ1n) is 6.41. The molecule has 0 bridgehead atoms. The van der Waals surface area contributed by atoms with Crippen LogP contribution in [0.3, 0.4) is 0 Å². The third kappa shape index (κ3) is 3.52. The predicted molar refractivity (Wildman–Crippen MR) is 97.2 cm³/mol. The quantitative estimate of drug-likeness (QED) is 0.685. The van der Waals surface area contributed by atoms with E-state index in [1.807, 2.05) is 31.2 Å². The Bertz CT molecular complexity index is 661. The molecule has 0 fully saturated rings. The zero-order valence-corrected chi connectivity index (χ0v) is 15.9. The molecule has 2 N–H and O–H groups in total. The molecule has 2 aromatic rings. The highest BCUT2D eigenvalue weighted by atomic mass is 127. The lowest BCUT2D eigenvalue weighted by molar-refractivity contribution is 0.354. The van der Waals surface area contributed by atoms with Crippen LogP contribution in [0.4, 0.5) is 0 Å². The first-order valence-corrected chi connectivity index (χ1v) is 8.28. The molecule has 5 heteroatoms. The maximum atomic E-state index is 6.47. The zero-order valence-electron chi connectivity index (χ0n) is 12.1. The number of ether oxygens (including phenoxy) is 2. The average Bonchev–Trinajstić information content (AvgIpc) is 2.48. The molecule has 2 aromatic carbocycles. The summed E-state index contributed by atoms with van der Waals surface area (Å²) in [7, 11) is 3.26. The summed E-state index contributed by atoms with van der Waals surface area (Å²) in [5, 5.41) is 0. The number of hydrogen-bond acceptors (Lipinski definition) is 3. The number of nitrogens with two attached hydrogens (primary N) is 1. The topological polar surface area (TPSA) is 44.5 Å². The Morgan fingerprint density at radius 3 is 2.29 bits per heavy atom. The van der Waals surface area contributed by atoms with Gasteiger partial charge in [0.15, 0.2) is 11.5 Å². The number of rotatable bonds is 4. The van der Waals surface area contributed by atoms with Gasteiger partial charge in [0.2, 0.25) is 0 Å². The van der Waals surface area contributed by atoms with E-state index in [0.29, 0.717) is 11.5 Å². The number of methoxy groups -OCH3 is 2. The highest BCUT2D eigenvalue weighted by Crippen LogP contribution is 2.36. The second-order valence-electron chi connectivity index (χ2n) is 4.71. The monoisotopic (exact) mass is 461 g/mol. The van der Waals surface area contributed by atoms with Crippen LogP contribution in [0.2, 0.25) is 0 Å². The molecule has 0 aliphatic carbocycles. The molecule has 112 valence electrons. The first-order chi connectivity index (χ1) is 9.97. The lowest BCUT2D eigenvalue weighted by Gasteiger charge is -2.19. The summed E-state index contributed by atoms with van der Waals surface area (Å²) in [6.45, 7) is 2.03. The van der Waals surface area contributed by atoms with Crippen molar-refractivity contribution in [2.24, 2.45) is 5.73 Å². The van der Waals surface area contributed by atoms with Gasteiger partial charge in [-0.2, -0.15) is 0 Å². The van der Waals surface area contributed by atoms with Crippen LogP contribution in [-0.2, 0) is 0 Å². The smallest absolute Gasteiger partial charge is 0.161 e. The largest absolute Gasteiger partial charge is 0.493 e. The van der Waals surface area contributed by atoms with Crippen molar-refractivity contribution >= 4 is 38.5 Å². The van der Waals surface area contributed by atoms with E-state index in [-0.39, 0.29) is 6.04 Å². The van der Waals surface area contributed by atoms with E-state index in [0.717, 1.165) is 24.7 Å². The van der Waals surface area contributed by atoms with Gasteiger partial charge in [-0.15, -0.1) is 0 Å². The molecular formula is C16H17BrINO2. The van der Waals surface area contributed by atoms with E-state index in [2.05, 4.69) is 44.6 Å². The molecular weight excluding hydrogens is 445 g/mol. The van der Waals surface area contributed by atoms with Crippen molar-refractivity contribution in [2.75, 3.05) is 14.2 Å². The molecule has 21 heavy (non-hydrogen) atoms. The lowest BCUT2D eigenvalue weighted by Crippen LogP contribution is -2.14. The summed E-state index contributed by atoms with van der Waals surface area (Å²) < 4.78 is 12.9. The van der Waals surface area contributed by atoms with Crippen molar-refractivity contribution in [3.8, 4) is 11.5 Å². The zero-order chi connectivity index (χ0) is 15.6. The third-order valence-electron chi connectivity index (χ3n) is 3.40. The van der Waals surface area contributed by atoms with Crippen molar-refractivity contribution in [2.45, 2.75) is 13.0 Å². The second kappa shape index (κ2) is 6.98. The van der Waals surface area contributed by atoms with Crippen molar-refractivity contribution in [1.82, 2.24) is 0 Å². The predicted octanol–water partition coefficient (Wildman–Crippen LogP) is 4.43. The van der Waals surface area contributed by atoms with Gasteiger partial charge in [0.05, 0.1) is 20.3 Å². The van der Waals surface area contributed by atoms with Gasteiger partial charge in [0.25, 0.3) is 0 Å². The number of aryl methyl sites for hydroxylation is 1. The molecule has 0 radical (unpaired) electrons. The second-order valence-corrected chi connectivity index (χ2v) is 6.81. The minimum atomic E-state index is -0.228. The molecule has 1 atom stereocenters. The molecule has 0 aliphatic heterocycles.